The topological polar surface area (TPSA) is 40.5 Å². The fourth-order valence-corrected chi connectivity index (χ4v) is 29.4. The minimum atomic E-state index is 0.00306. The molecule has 16 aromatic rings. The second-order valence-electron chi connectivity index (χ2n) is 22.6. The molecule has 0 bridgehead atoms. The van der Waals surface area contributed by atoms with Crippen molar-refractivity contribution in [3.05, 3.63) is 154 Å². The lowest BCUT2D eigenvalue weighted by molar-refractivity contribution is 0.436. The predicted molar refractivity (Wildman–Crippen MR) is 385 cm³/mol. The van der Waals surface area contributed by atoms with Crippen LogP contribution in [-0.2, 0) is 10.8 Å². The number of thiophene rings is 12. The van der Waals surface area contributed by atoms with Gasteiger partial charge in [0.1, 0.15) is 0 Å². The van der Waals surface area contributed by atoms with Gasteiger partial charge < -0.3 is 10.2 Å². The third-order valence-electron chi connectivity index (χ3n) is 17.7. The Kier molecular flexibility index (Phi) is 12.8. The number of benzene rings is 4. The standard InChI is InChI=1S/C35H26O2S6.C35H26S6/c1-3-9-35(10-4-2)21-11-17(23-13-25-31(40-23)33-27(38-25)15-29(36)42-33)5-7-19(21)20-8-6-18(12-22(20)35)24-14-26-32(41-24)34-28(39-26)16-30(37)43-34;1-3-11-35(12-4-2)23-15-19(27-17-29-33(40-27)31-25(38-29)9-13-36-31)5-7-21(23)22-8-6-20(16-24(22)35)28-18-30-34(41-28)32-26(39-30)10-14-37-32/h5-8,11-16,36-37H,3-4,9-10H2,1-2H3;5-10,13-18H,3-4,11-12H2,1-2H3. The monoisotopic (exact) mass is 1310 g/mol. The van der Waals surface area contributed by atoms with Crippen molar-refractivity contribution in [2.75, 3.05) is 0 Å². The van der Waals surface area contributed by atoms with E-state index in [-0.39, 0.29) is 10.8 Å². The smallest absolute Gasteiger partial charge is 0.173 e. The summed E-state index contributed by atoms with van der Waals surface area (Å²) in [5, 5.41) is 25.4. The van der Waals surface area contributed by atoms with Gasteiger partial charge in [0.2, 0.25) is 0 Å². The van der Waals surface area contributed by atoms with E-state index in [1.165, 1.54) is 199 Å². The first-order valence-corrected chi connectivity index (χ1v) is 38.7. The summed E-state index contributed by atoms with van der Waals surface area (Å²) in [6, 6.07) is 47.0. The number of aromatic hydroxyl groups is 2. The third kappa shape index (κ3) is 8.04. The van der Waals surface area contributed by atoms with Crippen LogP contribution in [0.15, 0.2) is 132 Å². The van der Waals surface area contributed by atoms with Crippen LogP contribution in [-0.4, -0.2) is 10.2 Å². The molecule has 2 N–H and O–H groups in total. The lowest BCUT2D eigenvalue weighted by atomic mass is 9.71. The highest BCUT2D eigenvalue weighted by atomic mass is 32.1. The molecule has 14 heteroatoms. The van der Waals surface area contributed by atoms with Crippen LogP contribution in [0.3, 0.4) is 0 Å². The van der Waals surface area contributed by atoms with Crippen LogP contribution in [0.25, 0.3) is 139 Å². The van der Waals surface area contributed by atoms with Gasteiger partial charge in [-0.05, 0) is 164 Å². The summed E-state index contributed by atoms with van der Waals surface area (Å²) in [6.45, 7) is 9.38. The number of rotatable bonds is 12. The second kappa shape index (κ2) is 20.3. The van der Waals surface area contributed by atoms with Crippen LogP contribution in [0.5, 0.6) is 10.1 Å². The van der Waals surface area contributed by atoms with Crippen molar-refractivity contribution in [1.29, 1.82) is 0 Å². The normalized spacial score (nSPS) is 14.1. The molecule has 0 radical (unpaired) electrons. The highest BCUT2D eigenvalue weighted by Crippen LogP contribution is 2.60. The maximum Gasteiger partial charge on any atom is 0.173 e. The number of fused-ring (bicyclic) bond motifs is 18. The van der Waals surface area contributed by atoms with E-state index in [4.69, 9.17) is 0 Å². The van der Waals surface area contributed by atoms with Gasteiger partial charge in [-0.25, -0.2) is 0 Å². The Bertz CT molecular complexity index is 4950. The summed E-state index contributed by atoms with van der Waals surface area (Å²) in [5.41, 5.74) is 17.2. The molecule has 2 aliphatic carbocycles. The molecular weight excluding hydrogens is 1260 g/mol. The minimum Gasteiger partial charge on any atom is -0.499 e. The van der Waals surface area contributed by atoms with E-state index in [9.17, 15) is 10.2 Å². The zero-order valence-corrected chi connectivity index (χ0v) is 55.9. The number of hydrogen-bond donors (Lipinski definition) is 2. The molecule has 4 aromatic carbocycles. The minimum absolute atomic E-state index is 0.00306. The molecule has 0 fully saturated rings. The summed E-state index contributed by atoms with van der Waals surface area (Å²) in [4.78, 5) is 5.42. The van der Waals surface area contributed by atoms with Gasteiger partial charge in [0.15, 0.2) is 10.1 Å². The lowest BCUT2D eigenvalue weighted by Gasteiger charge is -2.32. The molecule has 84 heavy (non-hydrogen) atoms. The Balaban J connectivity index is 0.000000132. The van der Waals surface area contributed by atoms with Gasteiger partial charge in [-0.15, -0.1) is 113 Å². The second-order valence-corrected chi connectivity index (χ2v) is 35.1. The summed E-state index contributed by atoms with van der Waals surface area (Å²) < 4.78 is 21.6. The Labute approximate surface area is 534 Å². The highest BCUT2D eigenvalue weighted by Gasteiger charge is 2.44. The van der Waals surface area contributed by atoms with Crippen molar-refractivity contribution >= 4 is 211 Å². The molecule has 0 unspecified atom stereocenters. The molecule has 12 heterocycles. The molecule has 0 aliphatic heterocycles. The summed E-state index contributed by atoms with van der Waals surface area (Å²) in [6.07, 6.45) is 9.30. The van der Waals surface area contributed by atoms with E-state index in [1.54, 1.807) is 33.8 Å². The summed E-state index contributed by atoms with van der Waals surface area (Å²) in [5.74, 6) is 0. The van der Waals surface area contributed by atoms with Crippen molar-refractivity contribution in [2.24, 2.45) is 0 Å². The van der Waals surface area contributed by atoms with E-state index in [2.05, 4.69) is 148 Å². The van der Waals surface area contributed by atoms with E-state index >= 15 is 0 Å². The van der Waals surface area contributed by atoms with Gasteiger partial charge in [-0.2, -0.15) is 0 Å². The first-order valence-electron chi connectivity index (χ1n) is 28.8. The van der Waals surface area contributed by atoms with Gasteiger partial charge in [0, 0.05) is 70.7 Å². The first kappa shape index (κ1) is 53.2. The first-order chi connectivity index (χ1) is 41.1. The van der Waals surface area contributed by atoms with Gasteiger partial charge in [-0.1, -0.05) is 125 Å². The van der Waals surface area contributed by atoms with Gasteiger partial charge >= 0.3 is 0 Å². The van der Waals surface area contributed by atoms with Gasteiger partial charge in [0.05, 0.1) is 47.0 Å². The van der Waals surface area contributed by atoms with Crippen LogP contribution in [0, 0.1) is 0 Å². The van der Waals surface area contributed by atoms with Crippen molar-refractivity contribution in [3.63, 3.8) is 0 Å². The molecule has 0 saturated carbocycles. The molecule has 18 rings (SSSR count). The van der Waals surface area contributed by atoms with Crippen molar-refractivity contribution in [1.82, 2.24) is 0 Å². The Morgan fingerprint density at radius 1 is 0.286 bits per heavy atom. The average molecular weight is 1310 g/mol. The quantitative estimate of drug-likeness (QED) is 0.128. The van der Waals surface area contributed by atoms with Crippen LogP contribution in [0.4, 0.5) is 0 Å². The highest BCUT2D eigenvalue weighted by molar-refractivity contribution is 7.42. The summed E-state index contributed by atoms with van der Waals surface area (Å²) >= 11 is 21.9. The Hall–Kier alpha value is -5.04. The number of hydrogen-bond acceptors (Lipinski definition) is 14. The van der Waals surface area contributed by atoms with E-state index in [0.717, 1.165) is 25.7 Å². The van der Waals surface area contributed by atoms with Gasteiger partial charge in [-0.3, -0.25) is 0 Å². The molecule has 0 spiro atoms. The molecule has 416 valence electrons. The predicted octanol–water partition coefficient (Wildman–Crippen LogP) is 27.1. The van der Waals surface area contributed by atoms with Crippen LogP contribution in [0.2, 0.25) is 0 Å². The molecule has 12 aromatic heterocycles. The third-order valence-corrected chi connectivity index (χ3v) is 32.2. The fourth-order valence-electron chi connectivity index (χ4n) is 14.4. The van der Waals surface area contributed by atoms with E-state index < -0.39 is 0 Å². The zero-order valence-electron chi connectivity index (χ0n) is 46.2. The van der Waals surface area contributed by atoms with Gasteiger partial charge in [0.25, 0.3) is 0 Å². The van der Waals surface area contributed by atoms with E-state index in [1.807, 2.05) is 103 Å². The molecular formula is C70H52O2S12. The van der Waals surface area contributed by atoms with Crippen molar-refractivity contribution in [3.8, 4) is 74.1 Å². The van der Waals surface area contributed by atoms with E-state index in [0.29, 0.717) is 10.1 Å². The van der Waals surface area contributed by atoms with Crippen LogP contribution < -0.4 is 0 Å². The molecule has 0 saturated heterocycles. The molecule has 2 aliphatic rings. The van der Waals surface area contributed by atoms with Crippen LogP contribution >= 0.6 is 136 Å². The molecule has 0 atom stereocenters. The Morgan fingerprint density at radius 3 is 0.869 bits per heavy atom. The van der Waals surface area contributed by atoms with Crippen molar-refractivity contribution < 1.29 is 10.2 Å². The molecule has 0 amide bonds. The fraction of sp³-hybridized carbons (Fsp3) is 0.200. The Morgan fingerprint density at radius 2 is 0.560 bits per heavy atom. The zero-order chi connectivity index (χ0) is 56.3. The maximum absolute atomic E-state index is 10.1. The largest absolute Gasteiger partial charge is 0.499 e. The van der Waals surface area contributed by atoms with Crippen molar-refractivity contribution in [2.45, 2.75) is 89.9 Å². The molecule has 2 nitrogen and oxygen atoms in total. The summed E-state index contributed by atoms with van der Waals surface area (Å²) in [7, 11) is 0. The average Bonchev–Trinajstić information content (AvgIpc) is 1.72. The lowest BCUT2D eigenvalue weighted by Crippen LogP contribution is -2.25. The maximum atomic E-state index is 10.1. The van der Waals surface area contributed by atoms with Crippen LogP contribution in [0.1, 0.15) is 101 Å². The SMILES string of the molecule is CCCC1(CCC)c2cc(-c3cc4sc5cc(O)sc5c4s3)ccc2-c2ccc(-c3cc4sc5cc(O)sc5c4s3)cc21.CCCC1(CCC)c2cc(-c3cc4sc5ccsc5c4s3)ccc2-c2ccc(-c3cc4sc5ccsc5c4s3)cc21.